The molecule has 7 heteroatoms. The van der Waals surface area contributed by atoms with Crippen LogP contribution in [0.2, 0.25) is 0 Å². The van der Waals surface area contributed by atoms with Gasteiger partial charge in [0.25, 0.3) is 5.78 Å². The fourth-order valence-corrected chi connectivity index (χ4v) is 1.76. The highest BCUT2D eigenvalue weighted by atomic mass is 16.5. The summed E-state index contributed by atoms with van der Waals surface area (Å²) in [5.41, 5.74) is 0.900. The van der Waals surface area contributed by atoms with E-state index in [9.17, 15) is 9.90 Å². The van der Waals surface area contributed by atoms with E-state index >= 15 is 0 Å². The van der Waals surface area contributed by atoms with Crippen molar-refractivity contribution in [2.45, 2.75) is 6.92 Å². The molecule has 2 heterocycles. The van der Waals surface area contributed by atoms with Gasteiger partial charge in [-0.25, -0.2) is 9.78 Å². The molecule has 2 aromatic heterocycles. The van der Waals surface area contributed by atoms with Crippen LogP contribution in [0.25, 0.3) is 5.78 Å². The third-order valence-corrected chi connectivity index (χ3v) is 2.63. The molecule has 100 valence electrons. The van der Waals surface area contributed by atoms with Gasteiger partial charge in [-0.3, -0.25) is 0 Å². The van der Waals surface area contributed by atoms with Crippen LogP contribution in [-0.2, 0) is 0 Å². The van der Waals surface area contributed by atoms with Crippen molar-refractivity contribution in [2.24, 2.45) is 0 Å². The predicted octanol–water partition coefficient (Wildman–Crippen LogP) is 1.36. The van der Waals surface area contributed by atoms with E-state index in [0.717, 1.165) is 0 Å². The van der Waals surface area contributed by atoms with E-state index in [2.05, 4.69) is 15.1 Å². The second-order valence-electron chi connectivity index (χ2n) is 4.15. The predicted molar refractivity (Wildman–Crippen MR) is 68.6 cm³/mol. The van der Waals surface area contributed by atoms with Gasteiger partial charge in [0.2, 0.25) is 5.88 Å². The Morgan fingerprint density at radius 2 is 2.20 bits per heavy atom. The first-order valence-electron chi connectivity index (χ1n) is 5.82. The van der Waals surface area contributed by atoms with Gasteiger partial charge >= 0.3 is 5.97 Å². The second kappa shape index (κ2) is 4.61. The molecule has 0 unspecified atom stereocenters. The van der Waals surface area contributed by atoms with Crippen LogP contribution < -0.4 is 4.74 Å². The van der Waals surface area contributed by atoms with Crippen LogP contribution in [-0.4, -0.2) is 30.7 Å². The highest BCUT2D eigenvalue weighted by Crippen LogP contribution is 2.16. The number of hydrogen-bond donors (Lipinski definition) is 1. The fraction of sp³-hybridized carbons (Fsp3) is 0.0769. The van der Waals surface area contributed by atoms with Crippen molar-refractivity contribution in [2.75, 3.05) is 0 Å². The minimum absolute atomic E-state index is 0.00346. The zero-order valence-electron chi connectivity index (χ0n) is 10.5. The molecule has 0 atom stereocenters. The maximum Gasteiger partial charge on any atom is 0.344 e. The van der Waals surface area contributed by atoms with E-state index in [1.54, 1.807) is 25.1 Å². The molecule has 0 saturated heterocycles. The Hall–Kier alpha value is -2.96. The number of esters is 1. The lowest BCUT2D eigenvalue weighted by Crippen LogP contribution is -2.12. The van der Waals surface area contributed by atoms with Crippen LogP contribution in [0.15, 0.2) is 36.7 Å². The van der Waals surface area contributed by atoms with Crippen molar-refractivity contribution in [1.82, 2.24) is 19.6 Å². The SMILES string of the molecule is Cc1cc(OC(=O)c2cccc(O)c2)n2ncnc2n1. The van der Waals surface area contributed by atoms with Gasteiger partial charge in [0.15, 0.2) is 0 Å². The monoisotopic (exact) mass is 270 g/mol. The van der Waals surface area contributed by atoms with E-state index in [-0.39, 0.29) is 17.2 Å². The summed E-state index contributed by atoms with van der Waals surface area (Å²) >= 11 is 0. The molecule has 0 bridgehead atoms. The van der Waals surface area contributed by atoms with E-state index in [0.29, 0.717) is 11.5 Å². The summed E-state index contributed by atoms with van der Waals surface area (Å²) in [6.45, 7) is 1.76. The lowest BCUT2D eigenvalue weighted by atomic mass is 10.2. The molecule has 3 rings (SSSR count). The average molecular weight is 270 g/mol. The largest absolute Gasteiger partial charge is 0.508 e. The van der Waals surface area contributed by atoms with Gasteiger partial charge in [-0.05, 0) is 25.1 Å². The number of ether oxygens (including phenoxy) is 1. The molecular formula is C13H10N4O3. The van der Waals surface area contributed by atoms with Gasteiger partial charge in [-0.2, -0.15) is 14.6 Å². The Kier molecular flexibility index (Phi) is 2.79. The molecule has 20 heavy (non-hydrogen) atoms. The van der Waals surface area contributed by atoms with Crippen molar-refractivity contribution < 1.29 is 14.6 Å². The smallest absolute Gasteiger partial charge is 0.344 e. The average Bonchev–Trinajstić information content (AvgIpc) is 2.86. The molecule has 7 nitrogen and oxygen atoms in total. The molecule has 1 N–H and O–H groups in total. The highest BCUT2D eigenvalue weighted by Gasteiger charge is 2.13. The first kappa shape index (κ1) is 12.1. The lowest BCUT2D eigenvalue weighted by molar-refractivity contribution is 0.0723. The number of phenolic OH excluding ortho intramolecular Hbond substituents is 1. The Morgan fingerprint density at radius 1 is 1.35 bits per heavy atom. The number of benzene rings is 1. The van der Waals surface area contributed by atoms with E-state index in [1.165, 1.54) is 23.0 Å². The molecule has 0 saturated carbocycles. The van der Waals surface area contributed by atoms with Crippen molar-refractivity contribution in [3.63, 3.8) is 0 Å². The zero-order chi connectivity index (χ0) is 14.1. The molecule has 0 aliphatic carbocycles. The molecule has 3 aromatic rings. The maximum atomic E-state index is 12.0. The highest BCUT2D eigenvalue weighted by molar-refractivity contribution is 5.91. The fourth-order valence-electron chi connectivity index (χ4n) is 1.76. The van der Waals surface area contributed by atoms with Crippen LogP contribution in [0.5, 0.6) is 11.6 Å². The third-order valence-electron chi connectivity index (χ3n) is 2.63. The molecule has 0 fully saturated rings. The van der Waals surface area contributed by atoms with Gasteiger partial charge in [-0.15, -0.1) is 0 Å². The topological polar surface area (TPSA) is 89.6 Å². The summed E-state index contributed by atoms with van der Waals surface area (Å²) < 4.78 is 6.61. The number of nitrogens with zero attached hydrogens (tertiary/aromatic N) is 4. The quantitative estimate of drug-likeness (QED) is 0.707. The lowest BCUT2D eigenvalue weighted by Gasteiger charge is -2.06. The summed E-state index contributed by atoms with van der Waals surface area (Å²) in [6, 6.07) is 7.50. The first-order chi connectivity index (χ1) is 9.63. The van der Waals surface area contributed by atoms with Crippen LogP contribution in [0.4, 0.5) is 0 Å². The van der Waals surface area contributed by atoms with Gasteiger partial charge in [0.05, 0.1) is 5.56 Å². The standard InChI is InChI=1S/C13H10N4O3/c1-8-5-11(17-13(16-8)14-7-15-17)20-12(19)9-3-2-4-10(18)6-9/h2-7,18H,1H3. The molecular weight excluding hydrogens is 260 g/mol. The number of aromatic hydroxyl groups is 1. The number of fused-ring (bicyclic) bond motifs is 1. The minimum atomic E-state index is -0.594. The van der Waals surface area contributed by atoms with Crippen LogP contribution in [0.1, 0.15) is 16.1 Å². The van der Waals surface area contributed by atoms with Crippen molar-refractivity contribution in [3.05, 3.63) is 47.9 Å². The summed E-state index contributed by atoms with van der Waals surface area (Å²) in [5, 5.41) is 13.3. The van der Waals surface area contributed by atoms with Gasteiger partial charge in [0.1, 0.15) is 12.1 Å². The van der Waals surface area contributed by atoms with Crippen molar-refractivity contribution in [3.8, 4) is 11.6 Å². The number of carbonyl (C=O) groups excluding carboxylic acids is 1. The number of hydrogen-bond acceptors (Lipinski definition) is 6. The number of carbonyl (C=O) groups is 1. The van der Waals surface area contributed by atoms with Crippen molar-refractivity contribution in [1.29, 1.82) is 0 Å². The van der Waals surface area contributed by atoms with Crippen LogP contribution >= 0.6 is 0 Å². The molecule has 0 amide bonds. The Morgan fingerprint density at radius 3 is 3.00 bits per heavy atom. The Bertz CT molecular complexity index is 797. The van der Waals surface area contributed by atoms with Crippen molar-refractivity contribution >= 4 is 11.7 Å². The Balaban J connectivity index is 1.97. The molecule has 0 radical (unpaired) electrons. The zero-order valence-corrected chi connectivity index (χ0v) is 10.5. The summed E-state index contributed by atoms with van der Waals surface area (Å²) in [5.74, 6) is -0.0263. The van der Waals surface area contributed by atoms with Gasteiger partial charge in [0, 0.05) is 11.8 Å². The second-order valence-corrected chi connectivity index (χ2v) is 4.15. The normalized spacial score (nSPS) is 10.7. The molecule has 1 aromatic carbocycles. The van der Waals surface area contributed by atoms with E-state index < -0.39 is 5.97 Å². The third kappa shape index (κ3) is 2.16. The summed E-state index contributed by atoms with van der Waals surface area (Å²) in [4.78, 5) is 20.1. The summed E-state index contributed by atoms with van der Waals surface area (Å²) in [7, 11) is 0. The number of rotatable bonds is 2. The van der Waals surface area contributed by atoms with Crippen LogP contribution in [0.3, 0.4) is 0 Å². The van der Waals surface area contributed by atoms with Gasteiger partial charge < -0.3 is 9.84 Å². The minimum Gasteiger partial charge on any atom is -0.508 e. The maximum absolute atomic E-state index is 12.0. The Labute approximate surface area is 113 Å². The van der Waals surface area contributed by atoms with E-state index in [1.807, 2.05) is 0 Å². The summed E-state index contributed by atoms with van der Waals surface area (Å²) in [6.07, 6.45) is 1.33. The molecule has 0 aliphatic rings. The molecule has 0 aliphatic heterocycles. The first-order valence-corrected chi connectivity index (χ1v) is 5.82. The van der Waals surface area contributed by atoms with E-state index in [4.69, 9.17) is 4.74 Å². The molecule has 0 spiro atoms. The van der Waals surface area contributed by atoms with Gasteiger partial charge in [-0.1, -0.05) is 6.07 Å². The number of aromatic nitrogens is 4. The van der Waals surface area contributed by atoms with Crippen LogP contribution in [0, 0.1) is 6.92 Å². The number of phenols is 1. The number of aryl methyl sites for hydroxylation is 1.